The van der Waals surface area contributed by atoms with Crippen molar-refractivity contribution in [3.8, 4) is 0 Å². The Bertz CT molecular complexity index is 610. The van der Waals surface area contributed by atoms with Crippen molar-refractivity contribution in [1.82, 2.24) is 25.8 Å². The molecule has 0 rings (SSSR count). The van der Waals surface area contributed by atoms with Gasteiger partial charge < -0.3 is 51.1 Å². The zero-order valence-electron chi connectivity index (χ0n) is 19.8. The first-order valence-corrected chi connectivity index (χ1v) is 11.3. The molecule has 2 amide bonds. The number of carbonyl (C=O) groups excluding carboxylic acids is 2. The Kier molecular flexibility index (Phi) is 17.6. The number of nitrogens with one attached hydrogen (secondary N) is 3. The van der Waals surface area contributed by atoms with Crippen LogP contribution >= 0.6 is 0 Å². The van der Waals surface area contributed by atoms with E-state index in [1.807, 2.05) is 0 Å². The zero-order valence-corrected chi connectivity index (χ0v) is 19.8. The Hall–Kier alpha value is -2.40. The van der Waals surface area contributed by atoms with Crippen LogP contribution < -0.4 is 16.0 Å². The molecule has 0 saturated carbocycles. The van der Waals surface area contributed by atoms with E-state index in [1.165, 1.54) is 0 Å². The van der Waals surface area contributed by atoms with Gasteiger partial charge in [-0.1, -0.05) is 0 Å². The third kappa shape index (κ3) is 13.3. The maximum atomic E-state index is 12.8. The van der Waals surface area contributed by atoms with Gasteiger partial charge in [0.2, 0.25) is 11.8 Å². The van der Waals surface area contributed by atoms with Crippen molar-refractivity contribution >= 4 is 23.8 Å². The Morgan fingerprint density at radius 2 is 1.03 bits per heavy atom. The summed E-state index contributed by atoms with van der Waals surface area (Å²) in [5.41, 5.74) is -2.04. The molecule has 0 fully saturated rings. The lowest BCUT2D eigenvalue weighted by Crippen LogP contribution is -2.59. The highest BCUT2D eigenvalue weighted by molar-refractivity contribution is 5.93. The standard InChI is InChI=1S/C20H39N5O10/c26-9-5-24(6-10-27)16(30)13-20(19(34)35,14-17(31)25(7-11-28)8-12-29)23-4-3-21-1-2-22-15-18(32)33/h21-23,26-29H,1-15H2,(H,32,33)(H,34,35). The summed E-state index contributed by atoms with van der Waals surface area (Å²) < 4.78 is 0. The highest BCUT2D eigenvalue weighted by atomic mass is 16.4. The maximum absolute atomic E-state index is 12.8. The first-order valence-electron chi connectivity index (χ1n) is 11.3. The lowest BCUT2D eigenvalue weighted by Gasteiger charge is -2.34. The summed E-state index contributed by atoms with van der Waals surface area (Å²) in [6.07, 6.45) is -1.30. The summed E-state index contributed by atoms with van der Waals surface area (Å²) >= 11 is 0. The minimum atomic E-state index is -2.04. The van der Waals surface area contributed by atoms with Gasteiger partial charge in [0, 0.05) is 52.4 Å². The van der Waals surface area contributed by atoms with Gasteiger partial charge >= 0.3 is 11.9 Å². The predicted octanol–water partition coefficient (Wildman–Crippen LogP) is -4.93. The lowest BCUT2D eigenvalue weighted by molar-refractivity contribution is -0.153. The molecule has 15 heteroatoms. The highest BCUT2D eigenvalue weighted by Crippen LogP contribution is 2.20. The van der Waals surface area contributed by atoms with E-state index in [0.717, 1.165) is 9.80 Å². The largest absolute Gasteiger partial charge is 0.480 e. The first kappa shape index (κ1) is 32.6. The fourth-order valence-electron chi connectivity index (χ4n) is 3.25. The number of aliphatic hydroxyl groups is 4. The highest BCUT2D eigenvalue weighted by Gasteiger charge is 2.44. The Morgan fingerprint density at radius 3 is 1.40 bits per heavy atom. The lowest BCUT2D eigenvalue weighted by atomic mass is 9.89. The van der Waals surface area contributed by atoms with Crippen LogP contribution in [0.5, 0.6) is 0 Å². The summed E-state index contributed by atoms with van der Waals surface area (Å²) in [6, 6.07) is 0. The van der Waals surface area contributed by atoms with Crippen molar-refractivity contribution in [1.29, 1.82) is 0 Å². The van der Waals surface area contributed by atoms with Crippen LogP contribution in [0, 0.1) is 0 Å². The minimum absolute atomic E-state index is 0.0335. The Labute approximate surface area is 203 Å². The molecule has 15 nitrogen and oxygen atoms in total. The van der Waals surface area contributed by atoms with Crippen molar-refractivity contribution < 1.29 is 49.8 Å². The van der Waals surface area contributed by atoms with Gasteiger partial charge in [0.1, 0.15) is 5.54 Å². The van der Waals surface area contributed by atoms with Gasteiger partial charge in [0.25, 0.3) is 0 Å². The number of aliphatic hydroxyl groups excluding tert-OH is 4. The molecule has 204 valence electrons. The van der Waals surface area contributed by atoms with Gasteiger partial charge in [0.15, 0.2) is 0 Å². The van der Waals surface area contributed by atoms with Gasteiger partial charge in [-0.25, -0.2) is 0 Å². The minimum Gasteiger partial charge on any atom is -0.480 e. The Morgan fingerprint density at radius 1 is 0.629 bits per heavy atom. The number of nitrogens with zero attached hydrogens (tertiary/aromatic N) is 2. The number of carboxylic acids is 2. The molecule has 0 spiro atoms. The van der Waals surface area contributed by atoms with Crippen LogP contribution in [-0.2, 0) is 19.2 Å². The van der Waals surface area contributed by atoms with E-state index in [9.17, 15) is 44.7 Å². The van der Waals surface area contributed by atoms with Crippen LogP contribution in [-0.4, -0.2) is 155 Å². The molecular weight excluding hydrogens is 470 g/mol. The summed E-state index contributed by atoms with van der Waals surface area (Å²) in [5.74, 6) is -3.86. The normalized spacial score (nSPS) is 11.3. The van der Waals surface area contributed by atoms with Crippen LogP contribution in [0.3, 0.4) is 0 Å². The average molecular weight is 510 g/mol. The average Bonchev–Trinajstić information content (AvgIpc) is 2.79. The monoisotopic (exact) mass is 509 g/mol. The Balaban J connectivity index is 5.47. The van der Waals surface area contributed by atoms with Crippen LogP contribution in [0.15, 0.2) is 0 Å². The van der Waals surface area contributed by atoms with Gasteiger partial charge in [-0.3, -0.25) is 24.5 Å². The van der Waals surface area contributed by atoms with Gasteiger partial charge in [0.05, 0.1) is 45.8 Å². The van der Waals surface area contributed by atoms with Crippen molar-refractivity contribution in [3.05, 3.63) is 0 Å². The quantitative estimate of drug-likeness (QED) is 0.0623. The predicted molar refractivity (Wildman–Crippen MR) is 122 cm³/mol. The molecule has 0 saturated heterocycles. The second-order valence-corrected chi connectivity index (χ2v) is 7.64. The molecule has 0 aliphatic rings. The molecule has 0 aromatic rings. The van der Waals surface area contributed by atoms with Crippen molar-refractivity contribution in [3.63, 3.8) is 0 Å². The zero-order chi connectivity index (χ0) is 26.7. The van der Waals surface area contributed by atoms with E-state index >= 15 is 0 Å². The van der Waals surface area contributed by atoms with Gasteiger partial charge in [-0.15, -0.1) is 0 Å². The number of hydrogen-bond acceptors (Lipinski definition) is 11. The van der Waals surface area contributed by atoms with E-state index in [1.54, 1.807) is 0 Å². The molecule has 0 atom stereocenters. The van der Waals surface area contributed by atoms with Crippen molar-refractivity contribution in [2.24, 2.45) is 0 Å². The van der Waals surface area contributed by atoms with Crippen molar-refractivity contribution in [2.45, 2.75) is 18.4 Å². The number of carbonyl (C=O) groups is 4. The van der Waals surface area contributed by atoms with E-state index in [0.29, 0.717) is 13.1 Å². The van der Waals surface area contributed by atoms with Crippen LogP contribution in [0.4, 0.5) is 0 Å². The summed E-state index contributed by atoms with van der Waals surface area (Å²) in [6.45, 7) is -1.34. The second-order valence-electron chi connectivity index (χ2n) is 7.64. The molecule has 9 N–H and O–H groups in total. The molecular formula is C20H39N5O10. The molecule has 0 bridgehead atoms. The van der Waals surface area contributed by atoms with Crippen LogP contribution in [0.25, 0.3) is 0 Å². The smallest absolute Gasteiger partial charge is 0.324 e. The van der Waals surface area contributed by atoms with Crippen molar-refractivity contribution in [2.75, 3.05) is 85.3 Å². The number of amides is 2. The molecule has 0 unspecified atom stereocenters. The van der Waals surface area contributed by atoms with E-state index < -0.39 is 68.6 Å². The second kappa shape index (κ2) is 18.9. The topological polar surface area (TPSA) is 232 Å². The molecule has 0 aliphatic heterocycles. The van der Waals surface area contributed by atoms with E-state index in [4.69, 9.17) is 5.11 Å². The SMILES string of the molecule is O=C(O)CNCCNCCNC(CC(=O)N(CCO)CCO)(CC(=O)N(CCO)CCO)C(=O)O. The number of hydrogen-bond donors (Lipinski definition) is 9. The molecule has 0 aromatic carbocycles. The molecule has 0 radical (unpaired) electrons. The third-order valence-corrected chi connectivity index (χ3v) is 5.02. The first-order chi connectivity index (χ1) is 16.7. The summed E-state index contributed by atoms with van der Waals surface area (Å²) in [7, 11) is 0. The summed E-state index contributed by atoms with van der Waals surface area (Å²) in [5, 5.41) is 63.8. The summed E-state index contributed by atoms with van der Waals surface area (Å²) in [4.78, 5) is 50.7. The molecule has 0 aromatic heterocycles. The third-order valence-electron chi connectivity index (χ3n) is 5.02. The molecule has 0 heterocycles. The number of aliphatic carboxylic acids is 2. The number of rotatable bonds is 22. The van der Waals surface area contributed by atoms with Gasteiger partial charge in [-0.2, -0.15) is 0 Å². The van der Waals surface area contributed by atoms with Gasteiger partial charge in [-0.05, 0) is 0 Å². The fourth-order valence-corrected chi connectivity index (χ4v) is 3.25. The molecule has 0 aliphatic carbocycles. The van der Waals surface area contributed by atoms with E-state index in [2.05, 4.69) is 16.0 Å². The van der Waals surface area contributed by atoms with Crippen LogP contribution in [0.2, 0.25) is 0 Å². The fraction of sp³-hybridized carbons (Fsp3) is 0.800. The van der Waals surface area contributed by atoms with E-state index in [-0.39, 0.29) is 45.8 Å². The molecule has 35 heavy (non-hydrogen) atoms. The van der Waals surface area contributed by atoms with Crippen LogP contribution in [0.1, 0.15) is 12.8 Å². The number of carboxylic acid groups (broad SMARTS) is 2. The maximum Gasteiger partial charge on any atom is 0.324 e.